The van der Waals surface area contributed by atoms with Crippen LogP contribution in [-0.4, -0.2) is 60.8 Å². The van der Waals surface area contributed by atoms with E-state index in [1.54, 1.807) is 14.1 Å². The molecule has 0 bridgehead atoms. The molecule has 2 N–H and O–H groups in total. The Bertz CT molecular complexity index is 1160. The summed E-state index contributed by atoms with van der Waals surface area (Å²) in [5, 5.41) is 0.802. The molecule has 3 heterocycles. The van der Waals surface area contributed by atoms with Crippen LogP contribution in [0.1, 0.15) is 53.5 Å². The van der Waals surface area contributed by atoms with E-state index in [1.165, 1.54) is 16.2 Å². The first-order valence-electron chi connectivity index (χ1n) is 11.8. The molecule has 0 spiro atoms. The molecule has 0 aliphatic carbocycles. The minimum absolute atomic E-state index is 0.0335. The summed E-state index contributed by atoms with van der Waals surface area (Å²) in [5.41, 5.74) is 8.78. The quantitative estimate of drug-likeness (QED) is 0.538. The molecule has 1 fully saturated rings. The molecule has 0 unspecified atom stereocenters. The van der Waals surface area contributed by atoms with Crippen LogP contribution in [0.5, 0.6) is 0 Å². The first kappa shape index (κ1) is 24.0. The van der Waals surface area contributed by atoms with E-state index < -0.39 is 0 Å². The molecule has 180 valence electrons. The standard InChI is InChI=1S/C26H33N5O2S/c1-29(2)26(33)24-23(27)19-14-15-20(28-25(19)34-24)21-12-7-8-17-31(21)22(32)13-9-16-30(3)18-10-5-4-6-11-18/h4-6,10-11,14-15,21H,7-9,12-13,16-17,27H2,1-3H3/t21-/m1/s1. The number of benzene rings is 1. The number of anilines is 2. The minimum Gasteiger partial charge on any atom is -0.397 e. The zero-order chi connectivity index (χ0) is 24.2. The third-order valence-electron chi connectivity index (χ3n) is 6.46. The normalized spacial score (nSPS) is 16.0. The second-order valence-electron chi connectivity index (χ2n) is 9.09. The van der Waals surface area contributed by atoms with Gasteiger partial charge in [-0.05, 0) is 49.9 Å². The first-order chi connectivity index (χ1) is 16.4. The number of rotatable bonds is 7. The number of nitrogens with two attached hydrogens (primary N) is 1. The summed E-state index contributed by atoms with van der Waals surface area (Å²) >= 11 is 1.33. The molecule has 2 aromatic heterocycles. The number of likely N-dealkylation sites (tertiary alicyclic amines) is 1. The summed E-state index contributed by atoms with van der Waals surface area (Å²) in [6.07, 6.45) is 4.31. The lowest BCUT2D eigenvalue weighted by molar-refractivity contribution is -0.135. The smallest absolute Gasteiger partial charge is 0.265 e. The molecule has 0 radical (unpaired) electrons. The van der Waals surface area contributed by atoms with Gasteiger partial charge in [-0.3, -0.25) is 9.59 Å². The number of nitrogens with zero attached hydrogens (tertiary/aromatic N) is 4. The number of pyridine rings is 1. The van der Waals surface area contributed by atoms with Gasteiger partial charge in [0.25, 0.3) is 5.91 Å². The van der Waals surface area contributed by atoms with Crippen LogP contribution in [0, 0.1) is 0 Å². The lowest BCUT2D eigenvalue weighted by Gasteiger charge is -2.35. The van der Waals surface area contributed by atoms with Crippen molar-refractivity contribution in [1.82, 2.24) is 14.8 Å². The molecule has 3 aromatic rings. The fourth-order valence-corrected chi connectivity index (χ4v) is 5.64. The van der Waals surface area contributed by atoms with Crippen LogP contribution in [0.15, 0.2) is 42.5 Å². The number of fused-ring (bicyclic) bond motifs is 1. The highest BCUT2D eigenvalue weighted by Gasteiger charge is 2.29. The van der Waals surface area contributed by atoms with Crippen molar-refractivity contribution >= 4 is 44.7 Å². The van der Waals surface area contributed by atoms with E-state index in [1.807, 2.05) is 35.2 Å². The third kappa shape index (κ3) is 5.01. The van der Waals surface area contributed by atoms with E-state index in [-0.39, 0.29) is 17.9 Å². The van der Waals surface area contributed by atoms with Gasteiger partial charge in [0.1, 0.15) is 9.71 Å². The molecule has 1 atom stereocenters. The van der Waals surface area contributed by atoms with Crippen molar-refractivity contribution in [3.05, 3.63) is 53.0 Å². The Labute approximate surface area is 205 Å². The Morgan fingerprint density at radius 3 is 2.62 bits per heavy atom. The van der Waals surface area contributed by atoms with Crippen LogP contribution in [0.3, 0.4) is 0 Å². The lowest BCUT2D eigenvalue weighted by atomic mass is 9.98. The summed E-state index contributed by atoms with van der Waals surface area (Å²) in [6, 6.07) is 14.1. The number of carbonyl (C=O) groups is 2. The number of hydrogen-bond donors (Lipinski definition) is 1. The van der Waals surface area contributed by atoms with Crippen LogP contribution < -0.4 is 10.6 Å². The van der Waals surface area contributed by atoms with Crippen LogP contribution in [-0.2, 0) is 4.79 Å². The van der Waals surface area contributed by atoms with Gasteiger partial charge >= 0.3 is 0 Å². The van der Waals surface area contributed by atoms with Gasteiger partial charge in [0.05, 0.1) is 17.4 Å². The molecule has 1 aliphatic rings. The second kappa shape index (κ2) is 10.4. The lowest BCUT2D eigenvalue weighted by Crippen LogP contribution is -2.39. The summed E-state index contributed by atoms with van der Waals surface area (Å²) in [6.45, 7) is 1.59. The molecule has 1 aliphatic heterocycles. The van der Waals surface area contributed by atoms with Gasteiger partial charge < -0.3 is 20.4 Å². The summed E-state index contributed by atoms with van der Waals surface area (Å²) in [7, 11) is 5.49. The van der Waals surface area contributed by atoms with Gasteiger partial charge in [0.2, 0.25) is 5.91 Å². The SMILES string of the molecule is CN(C)C(=O)c1sc2nc([C@H]3CCCCN3C(=O)CCCN(C)c3ccccc3)ccc2c1N. The van der Waals surface area contributed by atoms with E-state index in [4.69, 9.17) is 10.7 Å². The number of carbonyl (C=O) groups excluding carboxylic acids is 2. The summed E-state index contributed by atoms with van der Waals surface area (Å²) in [4.78, 5) is 37.5. The predicted octanol–water partition coefficient (Wildman–Crippen LogP) is 4.55. The average Bonchev–Trinajstić information content (AvgIpc) is 3.19. The Hall–Kier alpha value is -3.13. The van der Waals surface area contributed by atoms with Crippen LogP contribution >= 0.6 is 11.3 Å². The van der Waals surface area contributed by atoms with Gasteiger partial charge in [-0.15, -0.1) is 11.3 Å². The highest BCUT2D eigenvalue weighted by Crippen LogP contribution is 2.36. The number of hydrogen-bond acceptors (Lipinski definition) is 6. The second-order valence-corrected chi connectivity index (χ2v) is 10.1. The highest BCUT2D eigenvalue weighted by molar-refractivity contribution is 7.21. The van der Waals surface area contributed by atoms with Gasteiger partial charge in [-0.2, -0.15) is 0 Å². The summed E-state index contributed by atoms with van der Waals surface area (Å²) in [5.74, 6) is 0.0687. The maximum atomic E-state index is 13.2. The van der Waals surface area contributed by atoms with E-state index in [0.717, 1.165) is 60.4 Å². The minimum atomic E-state index is -0.114. The molecule has 2 amide bonds. The monoisotopic (exact) mass is 479 g/mol. The van der Waals surface area contributed by atoms with Crippen molar-refractivity contribution in [3.63, 3.8) is 0 Å². The van der Waals surface area contributed by atoms with Crippen LogP contribution in [0.2, 0.25) is 0 Å². The van der Waals surface area contributed by atoms with E-state index in [0.29, 0.717) is 17.0 Å². The Balaban J connectivity index is 1.46. The maximum Gasteiger partial charge on any atom is 0.265 e. The zero-order valence-corrected chi connectivity index (χ0v) is 21.0. The molecule has 8 heteroatoms. The van der Waals surface area contributed by atoms with Crippen molar-refractivity contribution in [3.8, 4) is 0 Å². The number of thiophene rings is 1. The number of piperidine rings is 1. The van der Waals surface area contributed by atoms with Crippen molar-refractivity contribution in [2.24, 2.45) is 0 Å². The zero-order valence-electron chi connectivity index (χ0n) is 20.2. The van der Waals surface area contributed by atoms with Gasteiger partial charge in [0.15, 0.2) is 0 Å². The fraction of sp³-hybridized carbons (Fsp3) is 0.423. The number of amides is 2. The fourth-order valence-electron chi connectivity index (χ4n) is 4.52. The number of aromatic nitrogens is 1. The highest BCUT2D eigenvalue weighted by atomic mass is 32.1. The molecule has 34 heavy (non-hydrogen) atoms. The molecule has 0 saturated carbocycles. The van der Waals surface area contributed by atoms with Gasteiger partial charge in [0, 0.05) is 51.7 Å². The first-order valence-corrected chi connectivity index (χ1v) is 12.6. The van der Waals surface area contributed by atoms with Crippen molar-refractivity contribution in [2.75, 3.05) is 44.9 Å². The third-order valence-corrected chi connectivity index (χ3v) is 7.56. The molecular weight excluding hydrogens is 446 g/mol. The summed E-state index contributed by atoms with van der Waals surface area (Å²) < 4.78 is 0. The van der Waals surface area contributed by atoms with Crippen LogP contribution in [0.4, 0.5) is 11.4 Å². The largest absolute Gasteiger partial charge is 0.397 e. The topological polar surface area (TPSA) is 82.8 Å². The van der Waals surface area contributed by atoms with E-state index >= 15 is 0 Å². The van der Waals surface area contributed by atoms with Crippen molar-refractivity contribution < 1.29 is 9.59 Å². The van der Waals surface area contributed by atoms with Crippen molar-refractivity contribution in [2.45, 2.75) is 38.1 Å². The van der Waals surface area contributed by atoms with Crippen molar-refractivity contribution in [1.29, 1.82) is 0 Å². The molecular formula is C26H33N5O2S. The molecule has 1 aromatic carbocycles. The van der Waals surface area contributed by atoms with E-state index in [9.17, 15) is 9.59 Å². The molecule has 4 rings (SSSR count). The van der Waals surface area contributed by atoms with E-state index in [2.05, 4.69) is 24.1 Å². The number of para-hydroxylation sites is 1. The molecule has 1 saturated heterocycles. The molecule has 7 nitrogen and oxygen atoms in total. The van der Waals surface area contributed by atoms with Gasteiger partial charge in [-0.25, -0.2) is 4.98 Å². The Morgan fingerprint density at radius 2 is 1.88 bits per heavy atom. The Kier molecular flexibility index (Phi) is 7.36. The maximum absolute atomic E-state index is 13.2. The predicted molar refractivity (Wildman–Crippen MR) is 139 cm³/mol. The Morgan fingerprint density at radius 1 is 1.12 bits per heavy atom. The van der Waals surface area contributed by atoms with Gasteiger partial charge in [-0.1, -0.05) is 18.2 Å². The van der Waals surface area contributed by atoms with Crippen LogP contribution in [0.25, 0.3) is 10.2 Å². The average molecular weight is 480 g/mol. The number of nitrogen functional groups attached to an aromatic ring is 1.